The summed E-state index contributed by atoms with van der Waals surface area (Å²) in [5, 5.41) is 6.53. The number of nitrogens with one attached hydrogen (secondary N) is 1. The molecule has 0 saturated heterocycles. The molecule has 0 fully saturated rings. The molecule has 150 valence electrons. The Bertz CT molecular complexity index is 1200. The summed E-state index contributed by atoms with van der Waals surface area (Å²) in [4.78, 5) is 20.6. The fraction of sp³-hybridized carbons (Fsp3) is 0.0476. The first-order chi connectivity index (χ1) is 14.5. The molecule has 0 aliphatic rings. The highest BCUT2D eigenvalue weighted by atomic mass is 35.5. The molecular formula is C21H13ClF2N4O2. The highest BCUT2D eigenvalue weighted by molar-refractivity contribution is 6.31. The molecule has 0 atom stereocenters. The summed E-state index contributed by atoms with van der Waals surface area (Å²) in [5.41, 5.74) is 2.12. The molecule has 4 aromatic rings. The van der Waals surface area contributed by atoms with Gasteiger partial charge in [-0.2, -0.15) is 0 Å². The van der Waals surface area contributed by atoms with Crippen LogP contribution in [0.2, 0.25) is 5.02 Å². The van der Waals surface area contributed by atoms with Gasteiger partial charge in [-0.1, -0.05) is 28.9 Å². The Balaban J connectivity index is 1.68. The second-order valence-electron chi connectivity index (χ2n) is 6.27. The van der Waals surface area contributed by atoms with Crippen LogP contribution in [0.4, 0.5) is 14.7 Å². The summed E-state index contributed by atoms with van der Waals surface area (Å²) >= 11 is 5.93. The van der Waals surface area contributed by atoms with Crippen LogP contribution < -0.4 is 5.32 Å². The van der Waals surface area contributed by atoms with Gasteiger partial charge in [-0.05, 0) is 42.0 Å². The lowest BCUT2D eigenvalue weighted by Gasteiger charge is -2.07. The van der Waals surface area contributed by atoms with Crippen molar-refractivity contribution >= 4 is 23.4 Å². The largest absolute Gasteiger partial charge is 0.337 e. The lowest BCUT2D eigenvalue weighted by atomic mass is 10.0. The lowest BCUT2D eigenvalue weighted by molar-refractivity contribution is -0.115. The summed E-state index contributed by atoms with van der Waals surface area (Å²) in [6.45, 7) is 0. The van der Waals surface area contributed by atoms with Crippen LogP contribution >= 0.6 is 11.6 Å². The van der Waals surface area contributed by atoms with E-state index in [-0.39, 0.29) is 17.3 Å². The first-order valence-corrected chi connectivity index (χ1v) is 9.15. The number of hydrogen-bond donors (Lipinski definition) is 1. The van der Waals surface area contributed by atoms with Crippen LogP contribution in [0.1, 0.15) is 5.56 Å². The van der Waals surface area contributed by atoms with Crippen molar-refractivity contribution in [2.45, 2.75) is 6.42 Å². The van der Waals surface area contributed by atoms with Crippen molar-refractivity contribution in [1.82, 2.24) is 15.1 Å². The van der Waals surface area contributed by atoms with Crippen LogP contribution in [-0.2, 0) is 11.2 Å². The zero-order chi connectivity index (χ0) is 21.1. The minimum absolute atomic E-state index is 0.0468. The Morgan fingerprint density at radius 3 is 2.63 bits per heavy atom. The van der Waals surface area contributed by atoms with E-state index in [1.54, 1.807) is 12.1 Å². The van der Waals surface area contributed by atoms with E-state index in [0.29, 0.717) is 28.1 Å². The predicted octanol–water partition coefficient (Wildman–Crippen LogP) is 4.91. The molecule has 1 N–H and O–H groups in total. The van der Waals surface area contributed by atoms with E-state index in [9.17, 15) is 13.6 Å². The number of aromatic nitrogens is 3. The molecule has 0 aliphatic carbocycles. The molecule has 4 rings (SSSR count). The third-order valence-electron chi connectivity index (χ3n) is 4.28. The summed E-state index contributed by atoms with van der Waals surface area (Å²) in [6.07, 6.45) is 2.70. The summed E-state index contributed by atoms with van der Waals surface area (Å²) in [6, 6.07) is 11.5. The minimum atomic E-state index is -0.609. The topological polar surface area (TPSA) is 80.9 Å². The normalized spacial score (nSPS) is 10.8. The van der Waals surface area contributed by atoms with Crippen LogP contribution in [0, 0.1) is 11.6 Å². The van der Waals surface area contributed by atoms with Crippen LogP contribution in [-0.4, -0.2) is 21.0 Å². The molecule has 30 heavy (non-hydrogen) atoms. The number of halogens is 3. The number of rotatable bonds is 5. The predicted molar refractivity (Wildman–Crippen MR) is 107 cm³/mol. The second kappa shape index (κ2) is 8.38. The van der Waals surface area contributed by atoms with E-state index in [0.717, 1.165) is 0 Å². The van der Waals surface area contributed by atoms with Gasteiger partial charge in [-0.15, -0.1) is 0 Å². The highest BCUT2D eigenvalue weighted by Crippen LogP contribution is 2.36. The van der Waals surface area contributed by atoms with Gasteiger partial charge in [-0.25, -0.2) is 18.7 Å². The fourth-order valence-corrected chi connectivity index (χ4v) is 3.08. The number of carbonyl (C=O) groups is 1. The monoisotopic (exact) mass is 426 g/mol. The maximum atomic E-state index is 13.6. The molecule has 9 heteroatoms. The van der Waals surface area contributed by atoms with E-state index in [1.807, 2.05) is 0 Å². The minimum Gasteiger partial charge on any atom is -0.337 e. The van der Waals surface area contributed by atoms with Gasteiger partial charge < -0.3 is 4.52 Å². The second-order valence-corrected chi connectivity index (χ2v) is 6.65. The standard InChI is InChI=1S/C21H13ClF2N4O2/c22-19-13(2-1-3-15(19)24)10-17(29)27-21-18(16-8-9-25-11-26-16)20(28-30-21)12-4-6-14(23)7-5-12/h1-9,11H,10H2,(H,27,29). The van der Waals surface area contributed by atoms with Gasteiger partial charge in [0, 0.05) is 11.8 Å². The molecule has 0 radical (unpaired) electrons. The zero-order valence-corrected chi connectivity index (χ0v) is 16.0. The van der Waals surface area contributed by atoms with Crippen molar-refractivity contribution in [3.05, 3.63) is 83.3 Å². The number of nitrogens with zero attached hydrogens (tertiary/aromatic N) is 3. The van der Waals surface area contributed by atoms with E-state index in [2.05, 4.69) is 20.4 Å². The maximum Gasteiger partial charge on any atom is 0.241 e. The fourth-order valence-electron chi connectivity index (χ4n) is 2.89. The van der Waals surface area contributed by atoms with Crippen molar-refractivity contribution in [2.75, 3.05) is 5.32 Å². The number of hydrogen-bond acceptors (Lipinski definition) is 5. The molecule has 2 aromatic carbocycles. The Hall–Kier alpha value is -3.65. The van der Waals surface area contributed by atoms with Crippen LogP contribution in [0.5, 0.6) is 0 Å². The Morgan fingerprint density at radius 1 is 1.10 bits per heavy atom. The van der Waals surface area contributed by atoms with Crippen molar-refractivity contribution in [1.29, 1.82) is 0 Å². The molecule has 0 spiro atoms. The van der Waals surface area contributed by atoms with Gasteiger partial charge in [0.05, 0.1) is 22.7 Å². The van der Waals surface area contributed by atoms with Gasteiger partial charge in [0.25, 0.3) is 0 Å². The van der Waals surface area contributed by atoms with E-state index >= 15 is 0 Å². The van der Waals surface area contributed by atoms with E-state index in [4.69, 9.17) is 16.1 Å². The molecule has 1 amide bonds. The molecule has 2 heterocycles. The van der Waals surface area contributed by atoms with E-state index in [1.165, 1.54) is 48.9 Å². The van der Waals surface area contributed by atoms with Gasteiger partial charge in [0.15, 0.2) is 0 Å². The van der Waals surface area contributed by atoms with Crippen LogP contribution in [0.15, 0.2) is 65.6 Å². The third kappa shape index (κ3) is 4.04. The SMILES string of the molecule is O=C(Cc1cccc(F)c1Cl)Nc1onc(-c2ccc(F)cc2)c1-c1ccncn1. The lowest BCUT2D eigenvalue weighted by Crippen LogP contribution is -2.15. The Morgan fingerprint density at radius 2 is 1.90 bits per heavy atom. The molecule has 0 unspecified atom stereocenters. The van der Waals surface area contributed by atoms with E-state index < -0.39 is 17.5 Å². The van der Waals surface area contributed by atoms with Gasteiger partial charge in [-0.3, -0.25) is 10.1 Å². The first-order valence-electron chi connectivity index (χ1n) is 8.77. The van der Waals surface area contributed by atoms with Crippen molar-refractivity contribution < 1.29 is 18.1 Å². The van der Waals surface area contributed by atoms with Gasteiger partial charge in [0.1, 0.15) is 23.7 Å². The number of anilines is 1. The molecule has 6 nitrogen and oxygen atoms in total. The Labute approximate surface area is 174 Å². The smallest absolute Gasteiger partial charge is 0.241 e. The first kappa shape index (κ1) is 19.7. The molecule has 2 aromatic heterocycles. The average molecular weight is 427 g/mol. The number of benzene rings is 2. The third-order valence-corrected chi connectivity index (χ3v) is 4.71. The number of amides is 1. The maximum absolute atomic E-state index is 13.6. The highest BCUT2D eigenvalue weighted by Gasteiger charge is 2.22. The molecule has 0 aliphatic heterocycles. The van der Waals surface area contributed by atoms with Crippen LogP contribution in [0.3, 0.4) is 0 Å². The molecule has 0 saturated carbocycles. The summed E-state index contributed by atoms with van der Waals surface area (Å²) in [5.74, 6) is -1.45. The summed E-state index contributed by atoms with van der Waals surface area (Å²) < 4.78 is 32.3. The Kier molecular flexibility index (Phi) is 5.49. The zero-order valence-electron chi connectivity index (χ0n) is 15.3. The molecular weight excluding hydrogens is 414 g/mol. The molecule has 0 bridgehead atoms. The van der Waals surface area contributed by atoms with Gasteiger partial charge in [0.2, 0.25) is 11.8 Å². The van der Waals surface area contributed by atoms with Crippen molar-refractivity contribution in [3.63, 3.8) is 0 Å². The average Bonchev–Trinajstić information content (AvgIpc) is 3.16. The van der Waals surface area contributed by atoms with Crippen molar-refractivity contribution in [2.24, 2.45) is 0 Å². The quantitative estimate of drug-likeness (QED) is 0.490. The number of carbonyl (C=O) groups excluding carboxylic acids is 1. The summed E-state index contributed by atoms with van der Waals surface area (Å²) in [7, 11) is 0. The van der Waals surface area contributed by atoms with Gasteiger partial charge >= 0.3 is 0 Å². The van der Waals surface area contributed by atoms with Crippen molar-refractivity contribution in [3.8, 4) is 22.5 Å². The van der Waals surface area contributed by atoms with Crippen LogP contribution in [0.25, 0.3) is 22.5 Å².